The molecule has 2 fully saturated rings. The Kier molecular flexibility index (Phi) is 6.68. The maximum Gasteiger partial charge on any atom is 0.325 e. The molecule has 9 heteroatoms. The van der Waals surface area contributed by atoms with Gasteiger partial charge in [0.15, 0.2) is 18.2 Å². The Balaban J connectivity index is 1.26. The van der Waals surface area contributed by atoms with Crippen LogP contribution in [0.5, 0.6) is 0 Å². The zero-order valence-electron chi connectivity index (χ0n) is 19.9. The molecule has 2 aromatic rings. The number of nitrogens with zero attached hydrogens (tertiary/aromatic N) is 5. The van der Waals surface area contributed by atoms with E-state index in [1.54, 1.807) is 19.2 Å². The van der Waals surface area contributed by atoms with Gasteiger partial charge in [0.25, 0.3) is 5.91 Å². The van der Waals surface area contributed by atoms with Gasteiger partial charge in [0.2, 0.25) is 0 Å². The summed E-state index contributed by atoms with van der Waals surface area (Å²) in [7, 11) is 1.66. The number of carbonyl (C=O) groups excluding carboxylic acids is 2. The monoisotopic (exact) mass is 478 g/mol. The van der Waals surface area contributed by atoms with Crippen LogP contribution in [0.15, 0.2) is 59.6 Å². The molecule has 8 nitrogen and oxygen atoms in total. The van der Waals surface area contributed by atoms with Gasteiger partial charge in [0.1, 0.15) is 5.82 Å². The van der Waals surface area contributed by atoms with Gasteiger partial charge in [0, 0.05) is 39.8 Å². The number of aliphatic imine (C=N–C) groups is 1. The van der Waals surface area contributed by atoms with Crippen LogP contribution < -0.4 is 5.32 Å². The molecule has 5 rings (SSSR count). The van der Waals surface area contributed by atoms with Crippen molar-refractivity contribution in [3.05, 3.63) is 71.5 Å². The maximum absolute atomic E-state index is 13.5. The normalized spacial score (nSPS) is 22.8. The zero-order chi connectivity index (χ0) is 24.4. The number of fused-ring (bicyclic) bond motifs is 1. The van der Waals surface area contributed by atoms with Crippen LogP contribution in [-0.4, -0.2) is 89.5 Å². The molecule has 3 aliphatic rings. The highest BCUT2D eigenvalue weighted by atomic mass is 19.1. The summed E-state index contributed by atoms with van der Waals surface area (Å²) in [5, 5.41) is 2.44. The summed E-state index contributed by atoms with van der Waals surface area (Å²) in [5.41, 5.74) is 2.24. The summed E-state index contributed by atoms with van der Waals surface area (Å²) in [6, 6.07) is 15.8. The van der Waals surface area contributed by atoms with Crippen molar-refractivity contribution >= 4 is 17.9 Å². The van der Waals surface area contributed by atoms with E-state index in [0.29, 0.717) is 6.54 Å². The molecule has 0 spiro atoms. The third-order valence-corrected chi connectivity index (χ3v) is 7.04. The van der Waals surface area contributed by atoms with Gasteiger partial charge in [-0.1, -0.05) is 42.5 Å². The highest BCUT2D eigenvalue weighted by Gasteiger charge is 2.49. The van der Waals surface area contributed by atoms with Crippen LogP contribution in [0, 0.1) is 5.82 Å². The summed E-state index contributed by atoms with van der Waals surface area (Å²) in [5.74, 6) is 0.0783. The smallest absolute Gasteiger partial charge is 0.325 e. The van der Waals surface area contributed by atoms with Crippen molar-refractivity contribution in [2.75, 3.05) is 39.8 Å². The van der Waals surface area contributed by atoms with Gasteiger partial charge >= 0.3 is 6.03 Å². The van der Waals surface area contributed by atoms with Crippen molar-refractivity contribution in [2.45, 2.75) is 31.6 Å². The van der Waals surface area contributed by atoms with Crippen LogP contribution in [-0.2, 0) is 17.8 Å². The van der Waals surface area contributed by atoms with Crippen LogP contribution in [0.25, 0.3) is 0 Å². The summed E-state index contributed by atoms with van der Waals surface area (Å²) >= 11 is 0. The number of likely N-dealkylation sites (N-methyl/N-ethyl adjacent to an activating group) is 1. The summed E-state index contributed by atoms with van der Waals surface area (Å²) in [6.45, 7) is 4.86. The number of imide groups is 1. The summed E-state index contributed by atoms with van der Waals surface area (Å²) < 4.78 is 13.5. The number of carbonyl (C=O) groups is 2. The summed E-state index contributed by atoms with van der Waals surface area (Å²) in [4.78, 5) is 38.0. The lowest BCUT2D eigenvalue weighted by molar-refractivity contribution is -0.127. The van der Waals surface area contributed by atoms with E-state index in [0.717, 1.165) is 57.1 Å². The first-order valence-corrected chi connectivity index (χ1v) is 12.2. The molecule has 2 aromatic carbocycles. The van der Waals surface area contributed by atoms with E-state index in [1.807, 2.05) is 11.0 Å². The van der Waals surface area contributed by atoms with E-state index < -0.39 is 18.2 Å². The number of hydrogen-bond donors (Lipinski definition) is 1. The molecule has 3 aliphatic heterocycles. The first-order chi connectivity index (χ1) is 17.0. The molecule has 2 atom stereocenters. The number of aryl methyl sites for hydroxylation is 1. The van der Waals surface area contributed by atoms with Gasteiger partial charge in [-0.2, -0.15) is 0 Å². The lowest BCUT2D eigenvalue weighted by Crippen LogP contribution is -2.64. The SMILES string of the molecule is CN1C(=O)NC(=O)C2C1N=C(N1CCN(CCCc3ccccc3)CC1)N2Cc1ccc(F)cc1. The number of piperazine rings is 1. The first-order valence-electron chi connectivity index (χ1n) is 12.2. The van der Waals surface area contributed by atoms with Crippen LogP contribution >= 0.6 is 0 Å². The Labute approximate surface area is 205 Å². The average molecular weight is 479 g/mol. The Morgan fingerprint density at radius 3 is 2.40 bits per heavy atom. The van der Waals surface area contributed by atoms with E-state index in [4.69, 9.17) is 4.99 Å². The number of guanidine groups is 1. The van der Waals surface area contributed by atoms with Crippen molar-refractivity contribution < 1.29 is 14.0 Å². The van der Waals surface area contributed by atoms with E-state index in [-0.39, 0.29) is 11.7 Å². The minimum absolute atomic E-state index is 0.300. The molecule has 0 aliphatic carbocycles. The van der Waals surface area contributed by atoms with E-state index in [9.17, 15) is 14.0 Å². The van der Waals surface area contributed by atoms with Crippen LogP contribution in [0.2, 0.25) is 0 Å². The molecule has 0 aromatic heterocycles. The van der Waals surface area contributed by atoms with Crippen LogP contribution in [0.1, 0.15) is 17.5 Å². The average Bonchev–Trinajstić information content (AvgIpc) is 3.25. The quantitative estimate of drug-likeness (QED) is 0.689. The topological polar surface area (TPSA) is 71.5 Å². The third-order valence-electron chi connectivity index (χ3n) is 7.04. The number of nitrogens with one attached hydrogen (secondary N) is 1. The first kappa shape index (κ1) is 23.3. The minimum Gasteiger partial charge on any atom is -0.340 e. The standard InChI is InChI=1S/C26H31FN6O2/c1-30-23-22(24(34)29-26(30)35)33(18-20-9-11-21(27)12-10-20)25(28-23)32-16-14-31(15-17-32)13-5-8-19-6-3-2-4-7-19/h2-4,6-7,9-12,22-23H,5,8,13-18H2,1H3,(H,29,34,35). The number of benzene rings is 2. The fraction of sp³-hybridized carbons (Fsp3) is 0.423. The molecular formula is C26H31FN6O2. The molecule has 2 unspecified atom stereocenters. The van der Waals surface area contributed by atoms with E-state index in [2.05, 4.69) is 39.4 Å². The Bertz CT molecular complexity index is 1080. The predicted molar refractivity (Wildman–Crippen MR) is 131 cm³/mol. The number of halogens is 1. The molecule has 0 saturated carbocycles. The lowest BCUT2D eigenvalue weighted by Gasteiger charge is -2.40. The number of urea groups is 1. The van der Waals surface area contributed by atoms with E-state index >= 15 is 0 Å². The maximum atomic E-state index is 13.5. The third kappa shape index (κ3) is 5.00. The highest BCUT2D eigenvalue weighted by Crippen LogP contribution is 2.28. The zero-order valence-corrected chi connectivity index (χ0v) is 19.9. The van der Waals surface area contributed by atoms with Gasteiger partial charge in [0.05, 0.1) is 0 Å². The van der Waals surface area contributed by atoms with Crippen molar-refractivity contribution in [3.8, 4) is 0 Å². The molecule has 2 saturated heterocycles. The Morgan fingerprint density at radius 1 is 0.971 bits per heavy atom. The molecule has 35 heavy (non-hydrogen) atoms. The second-order valence-electron chi connectivity index (χ2n) is 9.37. The molecule has 3 heterocycles. The molecule has 184 valence electrons. The second kappa shape index (κ2) is 10.0. The van der Waals surface area contributed by atoms with Gasteiger partial charge in [-0.3, -0.25) is 15.0 Å². The fourth-order valence-electron chi connectivity index (χ4n) is 5.05. The largest absolute Gasteiger partial charge is 0.340 e. The molecule has 0 radical (unpaired) electrons. The Morgan fingerprint density at radius 2 is 1.69 bits per heavy atom. The van der Waals surface area contributed by atoms with Gasteiger partial charge in [-0.05, 0) is 42.6 Å². The molecule has 3 amide bonds. The lowest BCUT2D eigenvalue weighted by atomic mass is 10.1. The van der Waals surface area contributed by atoms with Gasteiger partial charge in [-0.15, -0.1) is 0 Å². The predicted octanol–water partition coefficient (Wildman–Crippen LogP) is 2.12. The Hall–Kier alpha value is -3.46. The van der Waals surface area contributed by atoms with Crippen molar-refractivity contribution in [1.82, 2.24) is 24.9 Å². The second-order valence-corrected chi connectivity index (χ2v) is 9.37. The van der Waals surface area contributed by atoms with Crippen LogP contribution in [0.3, 0.4) is 0 Å². The van der Waals surface area contributed by atoms with Gasteiger partial charge in [-0.25, -0.2) is 14.2 Å². The summed E-state index contributed by atoms with van der Waals surface area (Å²) in [6.07, 6.45) is 1.60. The van der Waals surface area contributed by atoms with Crippen molar-refractivity contribution in [1.29, 1.82) is 0 Å². The van der Waals surface area contributed by atoms with E-state index in [1.165, 1.54) is 22.6 Å². The van der Waals surface area contributed by atoms with Crippen molar-refractivity contribution in [3.63, 3.8) is 0 Å². The number of amides is 3. The van der Waals surface area contributed by atoms with Gasteiger partial charge < -0.3 is 14.7 Å². The molecule has 1 N–H and O–H groups in total. The number of rotatable bonds is 6. The fourth-order valence-corrected chi connectivity index (χ4v) is 5.05. The van der Waals surface area contributed by atoms with Crippen LogP contribution in [0.4, 0.5) is 9.18 Å². The minimum atomic E-state index is -0.610. The number of hydrogen-bond acceptors (Lipinski definition) is 6. The highest BCUT2D eigenvalue weighted by molar-refractivity contribution is 6.03. The molecular weight excluding hydrogens is 447 g/mol. The molecule has 0 bridgehead atoms. The van der Waals surface area contributed by atoms with Crippen molar-refractivity contribution in [2.24, 2.45) is 4.99 Å².